The van der Waals surface area contributed by atoms with Crippen molar-refractivity contribution < 1.29 is 80.2 Å². The minimum Gasteiger partial charge on any atom is -0.462 e. The third-order valence-electron chi connectivity index (χ3n) is 17.4. The van der Waals surface area contributed by atoms with Gasteiger partial charge < -0.3 is 33.8 Å². The zero-order valence-electron chi connectivity index (χ0n) is 60.2. The van der Waals surface area contributed by atoms with Crippen molar-refractivity contribution in [2.75, 3.05) is 39.6 Å². The van der Waals surface area contributed by atoms with E-state index < -0.39 is 97.5 Å². The Labute approximate surface area is 568 Å². The van der Waals surface area contributed by atoms with Gasteiger partial charge in [0.2, 0.25) is 0 Å². The molecule has 0 bridgehead atoms. The second kappa shape index (κ2) is 68.6. The monoisotopic (exact) mass is 1370 g/mol. The van der Waals surface area contributed by atoms with Crippen molar-refractivity contribution in [2.45, 2.75) is 412 Å². The highest BCUT2D eigenvalue weighted by Crippen LogP contribution is 2.45. The highest BCUT2D eigenvalue weighted by atomic mass is 31.2. The Morgan fingerprint density at radius 2 is 0.430 bits per heavy atom. The molecule has 0 spiro atoms. The lowest BCUT2D eigenvalue weighted by Crippen LogP contribution is -2.30. The molecule has 17 nitrogen and oxygen atoms in total. The van der Waals surface area contributed by atoms with Crippen LogP contribution in [0.3, 0.4) is 0 Å². The Hall–Kier alpha value is -1.94. The molecule has 0 saturated carbocycles. The van der Waals surface area contributed by atoms with E-state index in [1.54, 1.807) is 0 Å². The quantitative estimate of drug-likeness (QED) is 0.0222. The Kier molecular flexibility index (Phi) is 67.1. The molecule has 0 aliphatic rings. The largest absolute Gasteiger partial charge is 0.472 e. The summed E-state index contributed by atoms with van der Waals surface area (Å²) in [5.41, 5.74) is 0. The smallest absolute Gasteiger partial charge is 0.462 e. The second-order valence-electron chi connectivity index (χ2n) is 26.7. The van der Waals surface area contributed by atoms with E-state index in [2.05, 4.69) is 27.7 Å². The van der Waals surface area contributed by atoms with Crippen molar-refractivity contribution in [3.05, 3.63) is 0 Å². The summed E-state index contributed by atoms with van der Waals surface area (Å²) < 4.78 is 68.2. The van der Waals surface area contributed by atoms with E-state index >= 15 is 0 Å². The van der Waals surface area contributed by atoms with Crippen molar-refractivity contribution in [2.24, 2.45) is 0 Å². The Balaban J connectivity index is 5.13. The van der Waals surface area contributed by atoms with Gasteiger partial charge in [0.25, 0.3) is 0 Å². The third-order valence-corrected chi connectivity index (χ3v) is 19.3. The molecule has 93 heavy (non-hydrogen) atoms. The van der Waals surface area contributed by atoms with Crippen LogP contribution in [0.15, 0.2) is 0 Å². The van der Waals surface area contributed by atoms with E-state index in [0.29, 0.717) is 25.7 Å². The Morgan fingerprint density at radius 1 is 0.258 bits per heavy atom. The van der Waals surface area contributed by atoms with Gasteiger partial charge in [-0.25, -0.2) is 9.13 Å². The summed E-state index contributed by atoms with van der Waals surface area (Å²) in [5, 5.41) is 10.6. The fraction of sp³-hybridized carbons (Fsp3) is 0.946. The molecule has 0 aromatic carbocycles. The van der Waals surface area contributed by atoms with Crippen LogP contribution in [0.2, 0.25) is 0 Å². The van der Waals surface area contributed by atoms with Crippen LogP contribution in [0.1, 0.15) is 394 Å². The van der Waals surface area contributed by atoms with Gasteiger partial charge in [0, 0.05) is 25.7 Å². The molecule has 2 unspecified atom stereocenters. The normalized spacial score (nSPS) is 13.9. The maximum Gasteiger partial charge on any atom is 0.472 e. The average molecular weight is 1370 g/mol. The maximum atomic E-state index is 13.1. The van der Waals surface area contributed by atoms with Gasteiger partial charge >= 0.3 is 39.5 Å². The van der Waals surface area contributed by atoms with Crippen molar-refractivity contribution in [1.82, 2.24) is 0 Å². The van der Waals surface area contributed by atoms with E-state index in [1.165, 1.54) is 218 Å². The number of aliphatic hydroxyl groups excluding tert-OH is 1. The van der Waals surface area contributed by atoms with Gasteiger partial charge in [-0.05, 0) is 25.7 Å². The maximum absolute atomic E-state index is 13.1. The number of carbonyl (C=O) groups excluding carboxylic acids is 4. The van der Waals surface area contributed by atoms with Crippen LogP contribution < -0.4 is 0 Å². The van der Waals surface area contributed by atoms with E-state index in [1.807, 2.05) is 0 Å². The predicted molar refractivity (Wildman–Crippen MR) is 377 cm³/mol. The molecule has 552 valence electrons. The first kappa shape index (κ1) is 91.1. The van der Waals surface area contributed by atoms with Crippen molar-refractivity contribution in [1.29, 1.82) is 0 Å². The highest BCUT2D eigenvalue weighted by molar-refractivity contribution is 7.47. The molecule has 0 aliphatic carbocycles. The molecule has 0 fully saturated rings. The van der Waals surface area contributed by atoms with Gasteiger partial charge in [-0.3, -0.25) is 37.3 Å². The van der Waals surface area contributed by atoms with Crippen LogP contribution in [0, 0.1) is 0 Å². The SMILES string of the molecule is CCCCCCCCCCCCCCCCCCCCCC(=O)O[C@H](COC(=O)CCCCCCCCCCCCCCCCC)COP(=O)(O)OC[C@@H](O)COP(=O)(O)OC[C@@H](COC(=O)CCCCCCC)OC(=O)CCCCCCCCCCCCCCCC. The summed E-state index contributed by atoms with van der Waals surface area (Å²) in [6, 6.07) is 0. The summed E-state index contributed by atoms with van der Waals surface area (Å²) in [4.78, 5) is 72.5. The number of hydrogen-bond donors (Lipinski definition) is 3. The standard InChI is InChI=1S/C74H144O17P2/c1-5-9-13-17-20-23-26-29-32-33-34-35-37-40-43-46-49-53-57-61-74(79)91-70(65-85-72(77)59-55-51-47-44-41-39-36-30-27-24-21-18-14-10-6-2)67-89-93(82,83)87-63-68(75)62-86-92(80,81)88-66-69(64-84-71(76)58-54-50-16-12-8-4)90-73(78)60-56-52-48-45-42-38-31-28-25-22-19-15-11-7-3/h68-70,75H,5-67H2,1-4H3,(H,80,81)(H,82,83)/t68-,69+,70+/m0/s1. The lowest BCUT2D eigenvalue weighted by Gasteiger charge is -2.21. The van der Waals surface area contributed by atoms with E-state index in [9.17, 15) is 43.2 Å². The molecule has 0 aromatic rings. The zero-order valence-corrected chi connectivity index (χ0v) is 62.0. The molecule has 0 aliphatic heterocycles. The molecule has 5 atom stereocenters. The lowest BCUT2D eigenvalue weighted by atomic mass is 10.0. The number of rotatable bonds is 75. The van der Waals surface area contributed by atoms with Crippen LogP contribution in [0.4, 0.5) is 0 Å². The van der Waals surface area contributed by atoms with Crippen molar-refractivity contribution in [3.8, 4) is 0 Å². The molecule has 0 radical (unpaired) electrons. The van der Waals surface area contributed by atoms with Gasteiger partial charge in [-0.15, -0.1) is 0 Å². The fourth-order valence-corrected chi connectivity index (χ4v) is 13.0. The molecule has 0 aromatic heterocycles. The van der Waals surface area contributed by atoms with Crippen LogP contribution in [0.5, 0.6) is 0 Å². The van der Waals surface area contributed by atoms with E-state index in [4.69, 9.17) is 37.0 Å². The Bertz CT molecular complexity index is 1770. The minimum atomic E-state index is -4.95. The molecule has 0 amide bonds. The molecular weight excluding hydrogens is 1220 g/mol. The number of aliphatic hydroxyl groups is 1. The number of carbonyl (C=O) groups is 4. The highest BCUT2D eigenvalue weighted by Gasteiger charge is 2.30. The van der Waals surface area contributed by atoms with E-state index in [-0.39, 0.29) is 25.7 Å². The van der Waals surface area contributed by atoms with Gasteiger partial charge in [-0.2, -0.15) is 0 Å². The average Bonchev–Trinajstić information content (AvgIpc) is 3.75. The van der Waals surface area contributed by atoms with Crippen LogP contribution in [-0.2, 0) is 65.4 Å². The molecule has 0 saturated heterocycles. The summed E-state index contributed by atoms with van der Waals surface area (Å²) in [7, 11) is -9.90. The van der Waals surface area contributed by atoms with Gasteiger partial charge in [0.15, 0.2) is 12.2 Å². The summed E-state index contributed by atoms with van der Waals surface area (Å²) >= 11 is 0. The number of phosphoric ester groups is 2. The fourth-order valence-electron chi connectivity index (χ4n) is 11.4. The Morgan fingerprint density at radius 3 is 0.634 bits per heavy atom. The second-order valence-corrected chi connectivity index (χ2v) is 29.6. The van der Waals surface area contributed by atoms with E-state index in [0.717, 1.165) is 96.3 Å². The summed E-state index contributed by atoms with van der Waals surface area (Å²) in [6.45, 7) is 4.90. The van der Waals surface area contributed by atoms with Crippen LogP contribution in [0.25, 0.3) is 0 Å². The minimum absolute atomic E-state index is 0.107. The van der Waals surface area contributed by atoms with Crippen LogP contribution >= 0.6 is 15.6 Å². The number of esters is 4. The number of hydrogen-bond acceptors (Lipinski definition) is 15. The van der Waals surface area contributed by atoms with Gasteiger partial charge in [-0.1, -0.05) is 342 Å². The third kappa shape index (κ3) is 68.4. The summed E-state index contributed by atoms with van der Waals surface area (Å²) in [5.74, 6) is -2.12. The summed E-state index contributed by atoms with van der Waals surface area (Å²) in [6.07, 6.45) is 58.6. The lowest BCUT2D eigenvalue weighted by molar-refractivity contribution is -0.161. The van der Waals surface area contributed by atoms with Crippen LogP contribution in [-0.4, -0.2) is 96.7 Å². The van der Waals surface area contributed by atoms with Crippen molar-refractivity contribution >= 4 is 39.5 Å². The first-order chi connectivity index (χ1) is 45.2. The zero-order chi connectivity index (χ0) is 68.2. The number of ether oxygens (including phenoxy) is 4. The number of phosphoric acid groups is 2. The molecule has 19 heteroatoms. The predicted octanol–water partition coefficient (Wildman–Crippen LogP) is 21.8. The number of unbranched alkanes of at least 4 members (excludes halogenated alkanes) is 49. The topological polar surface area (TPSA) is 237 Å². The van der Waals surface area contributed by atoms with Crippen molar-refractivity contribution in [3.63, 3.8) is 0 Å². The molecular formula is C74H144O17P2. The molecule has 0 rings (SSSR count). The van der Waals surface area contributed by atoms with Gasteiger partial charge in [0.05, 0.1) is 26.4 Å². The molecule has 3 N–H and O–H groups in total. The molecule has 0 heterocycles. The van der Waals surface area contributed by atoms with Gasteiger partial charge in [0.1, 0.15) is 19.3 Å². The first-order valence-corrected chi connectivity index (χ1v) is 41.8. The first-order valence-electron chi connectivity index (χ1n) is 38.8.